The van der Waals surface area contributed by atoms with Crippen LogP contribution in [-0.4, -0.2) is 30.0 Å². The van der Waals surface area contributed by atoms with E-state index in [1.165, 1.54) is 6.07 Å². The first-order chi connectivity index (χ1) is 9.60. The highest BCUT2D eigenvalue weighted by atomic mass is 19.4. The van der Waals surface area contributed by atoms with Crippen LogP contribution in [0.25, 0.3) is 0 Å². The van der Waals surface area contributed by atoms with Crippen molar-refractivity contribution in [2.75, 3.05) is 13.2 Å². The third-order valence-corrected chi connectivity index (χ3v) is 3.36. The van der Waals surface area contributed by atoms with Crippen molar-refractivity contribution in [1.29, 1.82) is 0 Å². The molecule has 1 unspecified atom stereocenters. The van der Waals surface area contributed by atoms with Gasteiger partial charge in [0.2, 0.25) is 0 Å². The van der Waals surface area contributed by atoms with Gasteiger partial charge in [-0.15, -0.1) is 0 Å². The normalized spacial score (nSPS) is 15.0. The summed E-state index contributed by atoms with van der Waals surface area (Å²) in [6.07, 6.45) is -4.34. The highest BCUT2D eigenvalue weighted by molar-refractivity contribution is 5.28. The van der Waals surface area contributed by atoms with E-state index in [9.17, 15) is 18.3 Å². The molecule has 0 aliphatic heterocycles. The van der Waals surface area contributed by atoms with E-state index in [1.807, 2.05) is 13.8 Å². The molecule has 0 saturated heterocycles. The van der Waals surface area contributed by atoms with Gasteiger partial charge in [0.1, 0.15) is 5.75 Å². The first-order valence-electron chi connectivity index (χ1n) is 6.82. The van der Waals surface area contributed by atoms with Gasteiger partial charge in [-0.25, -0.2) is 0 Å². The van der Waals surface area contributed by atoms with Crippen molar-refractivity contribution in [2.45, 2.75) is 39.1 Å². The van der Waals surface area contributed by atoms with Crippen LogP contribution in [0, 0.1) is 5.92 Å². The lowest BCUT2D eigenvalue weighted by Gasteiger charge is -2.28. The van der Waals surface area contributed by atoms with Crippen molar-refractivity contribution in [3.63, 3.8) is 0 Å². The van der Waals surface area contributed by atoms with E-state index in [4.69, 9.17) is 4.74 Å². The molecule has 2 N–H and O–H groups in total. The molecule has 0 aromatic heterocycles. The summed E-state index contributed by atoms with van der Waals surface area (Å²) in [5.74, 6) is 0.286. The minimum absolute atomic E-state index is 0.103. The summed E-state index contributed by atoms with van der Waals surface area (Å²) in [6, 6.07) is 6.48. The van der Waals surface area contributed by atoms with Gasteiger partial charge >= 0.3 is 6.18 Å². The molecule has 0 amide bonds. The van der Waals surface area contributed by atoms with Crippen molar-refractivity contribution in [3.05, 3.63) is 29.8 Å². The molecule has 0 fully saturated rings. The Kier molecular flexibility index (Phi) is 6.04. The van der Waals surface area contributed by atoms with Crippen LogP contribution in [-0.2, 0) is 6.54 Å². The summed E-state index contributed by atoms with van der Waals surface area (Å²) in [5.41, 5.74) is -0.0288. The number of aliphatic hydroxyl groups is 1. The van der Waals surface area contributed by atoms with Crippen LogP contribution >= 0.6 is 0 Å². The van der Waals surface area contributed by atoms with Crippen LogP contribution in [0.15, 0.2) is 24.3 Å². The third-order valence-electron chi connectivity index (χ3n) is 3.36. The van der Waals surface area contributed by atoms with Gasteiger partial charge in [0.15, 0.2) is 6.61 Å². The number of alkyl halides is 3. The zero-order chi connectivity index (χ0) is 16.1. The zero-order valence-corrected chi connectivity index (χ0v) is 12.5. The van der Waals surface area contributed by atoms with E-state index >= 15 is 0 Å². The lowest BCUT2D eigenvalue weighted by molar-refractivity contribution is -0.153. The van der Waals surface area contributed by atoms with Gasteiger partial charge in [0.25, 0.3) is 0 Å². The molecule has 120 valence electrons. The van der Waals surface area contributed by atoms with Gasteiger partial charge in [-0.05, 0) is 30.5 Å². The second-order valence-electron chi connectivity index (χ2n) is 5.67. The van der Waals surface area contributed by atoms with Crippen LogP contribution in [0.5, 0.6) is 5.75 Å². The highest BCUT2D eigenvalue weighted by Gasteiger charge is 2.28. The Bertz CT molecular complexity index is 445. The molecular weight excluding hydrogens is 283 g/mol. The fourth-order valence-corrected chi connectivity index (χ4v) is 1.57. The molecule has 6 heteroatoms. The van der Waals surface area contributed by atoms with Gasteiger partial charge in [0, 0.05) is 13.1 Å². The molecular formula is C15H22F3NO2. The second-order valence-corrected chi connectivity index (χ2v) is 5.67. The molecule has 0 aliphatic rings. The van der Waals surface area contributed by atoms with Crippen LogP contribution in [0.4, 0.5) is 13.2 Å². The standard InChI is InChI=1S/C15H22F3NO2/c1-11(2)14(3,20)9-19-8-12-5-4-6-13(7-12)21-10-15(16,17)18/h4-7,11,19-20H,8-10H2,1-3H3. The molecule has 0 bridgehead atoms. The van der Waals surface area contributed by atoms with Gasteiger partial charge in [0.05, 0.1) is 5.60 Å². The molecule has 21 heavy (non-hydrogen) atoms. The maximum atomic E-state index is 12.1. The Balaban J connectivity index is 2.50. The Labute approximate surface area is 123 Å². The van der Waals surface area contributed by atoms with Crippen molar-refractivity contribution in [1.82, 2.24) is 5.32 Å². The number of halogens is 3. The zero-order valence-electron chi connectivity index (χ0n) is 12.5. The van der Waals surface area contributed by atoms with Crippen molar-refractivity contribution >= 4 is 0 Å². The smallest absolute Gasteiger partial charge is 0.422 e. The Morgan fingerprint density at radius 3 is 2.52 bits per heavy atom. The number of benzene rings is 1. The summed E-state index contributed by atoms with van der Waals surface area (Å²) in [7, 11) is 0. The van der Waals surface area contributed by atoms with Crippen molar-refractivity contribution in [2.24, 2.45) is 5.92 Å². The predicted octanol–water partition coefficient (Wildman–Crippen LogP) is 3.12. The molecule has 1 atom stereocenters. The summed E-state index contributed by atoms with van der Waals surface area (Å²) < 4.78 is 41.0. The summed E-state index contributed by atoms with van der Waals surface area (Å²) in [4.78, 5) is 0. The van der Waals surface area contributed by atoms with Crippen LogP contribution in [0.3, 0.4) is 0 Å². The maximum Gasteiger partial charge on any atom is 0.422 e. The average molecular weight is 305 g/mol. The predicted molar refractivity (Wildman–Crippen MR) is 75.2 cm³/mol. The third kappa shape index (κ3) is 6.82. The number of rotatable bonds is 7. The molecule has 1 aromatic carbocycles. The SMILES string of the molecule is CC(C)C(C)(O)CNCc1cccc(OCC(F)(F)F)c1. The molecule has 1 rings (SSSR count). The lowest BCUT2D eigenvalue weighted by Crippen LogP contribution is -2.41. The van der Waals surface area contributed by atoms with E-state index < -0.39 is 18.4 Å². The lowest BCUT2D eigenvalue weighted by atomic mass is 9.92. The van der Waals surface area contributed by atoms with Crippen molar-refractivity contribution < 1.29 is 23.0 Å². The summed E-state index contributed by atoms with van der Waals surface area (Å²) >= 11 is 0. The monoisotopic (exact) mass is 305 g/mol. The maximum absolute atomic E-state index is 12.1. The number of ether oxygens (including phenoxy) is 1. The highest BCUT2D eigenvalue weighted by Crippen LogP contribution is 2.19. The first-order valence-corrected chi connectivity index (χ1v) is 6.82. The fraction of sp³-hybridized carbons (Fsp3) is 0.600. The van der Waals surface area contributed by atoms with E-state index in [1.54, 1.807) is 25.1 Å². The van der Waals surface area contributed by atoms with Gasteiger partial charge in [-0.1, -0.05) is 26.0 Å². The molecule has 0 saturated carbocycles. The number of hydrogen-bond donors (Lipinski definition) is 2. The molecule has 3 nitrogen and oxygen atoms in total. The summed E-state index contributed by atoms with van der Waals surface area (Å²) in [6.45, 7) is 5.14. The average Bonchev–Trinajstić information content (AvgIpc) is 2.36. The largest absolute Gasteiger partial charge is 0.484 e. The van der Waals surface area contributed by atoms with E-state index in [-0.39, 0.29) is 11.7 Å². The topological polar surface area (TPSA) is 41.5 Å². The van der Waals surface area contributed by atoms with Crippen LogP contribution in [0.1, 0.15) is 26.3 Å². The first kappa shape index (κ1) is 17.8. The van der Waals surface area contributed by atoms with Gasteiger partial charge in [-0.3, -0.25) is 0 Å². The fourth-order valence-electron chi connectivity index (χ4n) is 1.57. The molecule has 0 aliphatic carbocycles. The Morgan fingerprint density at radius 1 is 1.29 bits per heavy atom. The van der Waals surface area contributed by atoms with E-state index in [2.05, 4.69) is 5.32 Å². The number of hydrogen-bond acceptors (Lipinski definition) is 3. The summed E-state index contributed by atoms with van der Waals surface area (Å²) in [5, 5.41) is 13.2. The van der Waals surface area contributed by atoms with E-state index in [0.29, 0.717) is 13.1 Å². The second kappa shape index (κ2) is 7.13. The van der Waals surface area contributed by atoms with Gasteiger partial charge in [-0.2, -0.15) is 13.2 Å². The number of nitrogens with one attached hydrogen (secondary N) is 1. The van der Waals surface area contributed by atoms with Gasteiger partial charge < -0.3 is 15.2 Å². The molecule has 0 spiro atoms. The molecule has 1 aromatic rings. The Morgan fingerprint density at radius 2 is 1.95 bits per heavy atom. The quantitative estimate of drug-likeness (QED) is 0.813. The Hall–Kier alpha value is -1.27. The minimum atomic E-state index is -4.34. The van der Waals surface area contributed by atoms with E-state index in [0.717, 1.165) is 5.56 Å². The van der Waals surface area contributed by atoms with Crippen LogP contribution in [0.2, 0.25) is 0 Å². The molecule has 0 radical (unpaired) electrons. The minimum Gasteiger partial charge on any atom is -0.484 e. The van der Waals surface area contributed by atoms with Crippen molar-refractivity contribution in [3.8, 4) is 5.75 Å². The molecule has 0 heterocycles. The van der Waals surface area contributed by atoms with Crippen LogP contribution < -0.4 is 10.1 Å².